The molecule has 0 unspecified atom stereocenters. The molecule has 2 aromatic carbocycles. The van der Waals surface area contributed by atoms with Crippen molar-refractivity contribution in [2.24, 2.45) is 0 Å². The molecule has 0 radical (unpaired) electrons. The number of hydrogen-bond donors (Lipinski definition) is 1. The van der Waals surface area contributed by atoms with Crippen molar-refractivity contribution in [1.82, 2.24) is 0 Å². The van der Waals surface area contributed by atoms with E-state index >= 15 is 0 Å². The Balaban J connectivity index is 2.16. The maximum absolute atomic E-state index is 12.1. The molecule has 144 valence electrons. The van der Waals surface area contributed by atoms with Crippen LogP contribution in [0.15, 0.2) is 47.4 Å². The maximum Gasteiger partial charge on any atom is 0.248 e. The molecular formula is C19H20ClNO5S. The molecule has 0 bridgehead atoms. The van der Waals surface area contributed by atoms with Crippen LogP contribution in [0.3, 0.4) is 0 Å². The predicted molar refractivity (Wildman–Crippen MR) is 106 cm³/mol. The number of anilines is 1. The van der Waals surface area contributed by atoms with Crippen LogP contribution in [0.25, 0.3) is 6.08 Å². The highest BCUT2D eigenvalue weighted by atomic mass is 35.5. The average Bonchev–Trinajstić information content (AvgIpc) is 2.61. The van der Waals surface area contributed by atoms with Crippen molar-refractivity contribution in [3.63, 3.8) is 0 Å². The van der Waals surface area contributed by atoms with Crippen molar-refractivity contribution in [3.05, 3.63) is 53.1 Å². The third kappa shape index (κ3) is 5.74. The number of sulfone groups is 1. The van der Waals surface area contributed by atoms with E-state index in [1.807, 2.05) is 6.92 Å². The van der Waals surface area contributed by atoms with Crippen LogP contribution < -0.4 is 14.8 Å². The summed E-state index contributed by atoms with van der Waals surface area (Å²) in [4.78, 5) is 12.3. The van der Waals surface area contributed by atoms with Gasteiger partial charge in [0.25, 0.3) is 0 Å². The summed E-state index contributed by atoms with van der Waals surface area (Å²) in [6.07, 6.45) is 4.00. The second-order valence-electron chi connectivity index (χ2n) is 5.59. The van der Waals surface area contributed by atoms with Gasteiger partial charge in [0.15, 0.2) is 21.3 Å². The van der Waals surface area contributed by atoms with Crippen molar-refractivity contribution in [1.29, 1.82) is 0 Å². The van der Waals surface area contributed by atoms with E-state index in [0.717, 1.165) is 6.26 Å². The fraction of sp³-hybridized carbons (Fsp3) is 0.211. The molecule has 8 heteroatoms. The minimum atomic E-state index is -3.35. The number of carbonyl (C=O) groups excluding carboxylic acids is 1. The van der Waals surface area contributed by atoms with Gasteiger partial charge < -0.3 is 14.8 Å². The average molecular weight is 410 g/mol. The van der Waals surface area contributed by atoms with Crippen LogP contribution in [-0.2, 0) is 14.6 Å². The third-order valence-corrected chi connectivity index (χ3v) is 4.89. The van der Waals surface area contributed by atoms with Crippen LogP contribution in [0.5, 0.6) is 11.5 Å². The van der Waals surface area contributed by atoms with Gasteiger partial charge in [-0.25, -0.2) is 8.42 Å². The van der Waals surface area contributed by atoms with Crippen LogP contribution in [0.1, 0.15) is 12.5 Å². The Hall–Kier alpha value is -2.51. The maximum atomic E-state index is 12.1. The first kappa shape index (κ1) is 20.8. The Bertz CT molecular complexity index is 970. The zero-order valence-corrected chi connectivity index (χ0v) is 16.7. The second kappa shape index (κ2) is 8.92. The molecule has 0 fully saturated rings. The van der Waals surface area contributed by atoms with Gasteiger partial charge >= 0.3 is 0 Å². The number of halogens is 1. The molecule has 1 amide bonds. The van der Waals surface area contributed by atoms with Gasteiger partial charge in [0.05, 0.1) is 23.6 Å². The SMILES string of the molecule is CCOc1c(Cl)cc(/C=C/C(=O)Nc2cccc(S(C)(=O)=O)c2)cc1OC. The minimum Gasteiger partial charge on any atom is -0.493 e. The number of methoxy groups -OCH3 is 1. The van der Waals surface area contributed by atoms with Crippen LogP contribution in [-0.4, -0.2) is 34.3 Å². The van der Waals surface area contributed by atoms with Gasteiger partial charge in [0.1, 0.15) is 0 Å². The molecule has 0 spiro atoms. The Morgan fingerprint density at radius 3 is 2.63 bits per heavy atom. The molecule has 0 atom stereocenters. The van der Waals surface area contributed by atoms with Gasteiger partial charge in [-0.1, -0.05) is 17.7 Å². The fourth-order valence-corrected chi connectivity index (χ4v) is 3.22. The summed E-state index contributed by atoms with van der Waals surface area (Å²) in [7, 11) is -1.84. The standard InChI is InChI=1S/C19H20ClNO5S/c1-4-26-19-16(20)10-13(11-17(19)25-2)8-9-18(22)21-14-6-5-7-15(12-14)27(3,23)24/h5-12H,4H2,1-3H3,(H,21,22)/b9-8+. The molecule has 0 aliphatic carbocycles. The molecule has 0 saturated carbocycles. The summed E-state index contributed by atoms with van der Waals surface area (Å²) in [6.45, 7) is 2.28. The summed E-state index contributed by atoms with van der Waals surface area (Å²) < 4.78 is 33.9. The van der Waals surface area contributed by atoms with E-state index in [1.54, 1.807) is 30.3 Å². The molecule has 0 aliphatic heterocycles. The second-order valence-corrected chi connectivity index (χ2v) is 8.01. The van der Waals surface area contributed by atoms with Crippen molar-refractivity contribution in [2.75, 3.05) is 25.3 Å². The molecule has 0 saturated heterocycles. The molecule has 0 aliphatic rings. The first-order valence-corrected chi connectivity index (χ1v) is 10.3. The number of amides is 1. The number of rotatable bonds is 7. The molecule has 6 nitrogen and oxygen atoms in total. The van der Waals surface area contributed by atoms with Crippen LogP contribution in [0.4, 0.5) is 5.69 Å². The Morgan fingerprint density at radius 1 is 1.26 bits per heavy atom. The smallest absolute Gasteiger partial charge is 0.248 e. The molecular weight excluding hydrogens is 390 g/mol. The number of hydrogen-bond acceptors (Lipinski definition) is 5. The lowest BCUT2D eigenvalue weighted by Gasteiger charge is -2.11. The summed E-state index contributed by atoms with van der Waals surface area (Å²) in [5, 5.41) is 2.99. The number of ether oxygens (including phenoxy) is 2. The van der Waals surface area contributed by atoms with E-state index in [9.17, 15) is 13.2 Å². The van der Waals surface area contributed by atoms with E-state index < -0.39 is 15.7 Å². The zero-order valence-electron chi connectivity index (χ0n) is 15.2. The van der Waals surface area contributed by atoms with Gasteiger partial charge in [-0.3, -0.25) is 4.79 Å². The number of carbonyl (C=O) groups is 1. The molecule has 0 aromatic heterocycles. The van der Waals surface area contributed by atoms with Crippen molar-refractivity contribution in [2.45, 2.75) is 11.8 Å². The van der Waals surface area contributed by atoms with Gasteiger partial charge in [-0.2, -0.15) is 0 Å². The van der Waals surface area contributed by atoms with Gasteiger partial charge in [-0.15, -0.1) is 0 Å². The Labute approximate surface area is 163 Å². The molecule has 2 rings (SSSR count). The van der Waals surface area contributed by atoms with E-state index in [2.05, 4.69) is 5.32 Å². The summed E-state index contributed by atoms with van der Waals surface area (Å²) >= 11 is 6.20. The summed E-state index contributed by atoms with van der Waals surface area (Å²) in [5.41, 5.74) is 1.04. The zero-order chi connectivity index (χ0) is 20.0. The van der Waals surface area contributed by atoms with E-state index in [0.29, 0.717) is 34.4 Å². The van der Waals surface area contributed by atoms with E-state index in [-0.39, 0.29) is 4.90 Å². The lowest BCUT2D eigenvalue weighted by atomic mass is 10.2. The molecule has 1 N–H and O–H groups in total. The quantitative estimate of drug-likeness (QED) is 0.703. The Kier molecular flexibility index (Phi) is 6.87. The highest BCUT2D eigenvalue weighted by Crippen LogP contribution is 2.36. The highest BCUT2D eigenvalue weighted by Gasteiger charge is 2.11. The predicted octanol–water partition coefficient (Wildman–Crippen LogP) is 3.80. The van der Waals surface area contributed by atoms with Crippen molar-refractivity contribution in [3.8, 4) is 11.5 Å². The summed E-state index contributed by atoms with van der Waals surface area (Å²) in [6, 6.07) is 9.39. The van der Waals surface area contributed by atoms with Gasteiger partial charge in [0, 0.05) is 18.0 Å². The van der Waals surface area contributed by atoms with Crippen LogP contribution in [0.2, 0.25) is 5.02 Å². The van der Waals surface area contributed by atoms with Gasteiger partial charge in [0.2, 0.25) is 5.91 Å². The topological polar surface area (TPSA) is 81.7 Å². The van der Waals surface area contributed by atoms with Gasteiger partial charge in [-0.05, 0) is 48.9 Å². The fourth-order valence-electron chi connectivity index (χ4n) is 2.28. The first-order valence-electron chi connectivity index (χ1n) is 8.04. The van der Waals surface area contributed by atoms with Crippen LogP contribution >= 0.6 is 11.6 Å². The third-order valence-electron chi connectivity index (χ3n) is 3.50. The van der Waals surface area contributed by atoms with Crippen LogP contribution in [0, 0.1) is 0 Å². The minimum absolute atomic E-state index is 0.132. The summed E-state index contributed by atoms with van der Waals surface area (Å²) in [5.74, 6) is 0.496. The first-order chi connectivity index (χ1) is 12.7. The lowest BCUT2D eigenvalue weighted by Crippen LogP contribution is -2.08. The normalized spacial score (nSPS) is 11.4. The highest BCUT2D eigenvalue weighted by molar-refractivity contribution is 7.90. The van der Waals surface area contributed by atoms with Crippen molar-refractivity contribution < 1.29 is 22.7 Å². The number of nitrogens with one attached hydrogen (secondary N) is 1. The number of benzene rings is 2. The molecule has 2 aromatic rings. The monoisotopic (exact) mass is 409 g/mol. The Morgan fingerprint density at radius 2 is 2.00 bits per heavy atom. The lowest BCUT2D eigenvalue weighted by molar-refractivity contribution is -0.111. The molecule has 27 heavy (non-hydrogen) atoms. The molecule has 0 heterocycles. The van der Waals surface area contributed by atoms with Crippen molar-refractivity contribution >= 4 is 39.1 Å². The largest absolute Gasteiger partial charge is 0.493 e. The van der Waals surface area contributed by atoms with E-state index in [4.69, 9.17) is 21.1 Å². The van der Waals surface area contributed by atoms with E-state index in [1.165, 1.54) is 25.3 Å².